The fourth-order valence-corrected chi connectivity index (χ4v) is 1.44. The van der Waals surface area contributed by atoms with Crippen LogP contribution in [0.2, 0.25) is 5.02 Å². The largest absolute Gasteiger partial charge is 0.345 e. The first kappa shape index (κ1) is 9.28. The number of nitrogens with one attached hydrogen (secondary N) is 1. The van der Waals surface area contributed by atoms with Gasteiger partial charge in [-0.05, 0) is 24.6 Å². The lowest BCUT2D eigenvalue weighted by molar-refractivity contribution is 1.07. The molecule has 0 unspecified atom stereocenters. The maximum Gasteiger partial charge on any atom is 0.112 e. The SMILES string of the molecule is Cc1n[c]c(Cc2ccc(Cl)cc2)[nH]1. The predicted molar refractivity (Wildman–Crippen MR) is 56.4 cm³/mol. The molecule has 71 valence electrons. The molecule has 2 rings (SSSR count). The van der Waals surface area contributed by atoms with Crippen LogP contribution in [0.5, 0.6) is 0 Å². The van der Waals surface area contributed by atoms with Crippen molar-refractivity contribution in [2.45, 2.75) is 13.3 Å². The Morgan fingerprint density at radius 3 is 2.64 bits per heavy atom. The number of aromatic amines is 1. The van der Waals surface area contributed by atoms with Gasteiger partial charge in [-0.25, -0.2) is 4.98 Å². The summed E-state index contributed by atoms with van der Waals surface area (Å²) >= 11 is 5.79. The van der Waals surface area contributed by atoms with E-state index < -0.39 is 0 Å². The molecule has 0 aliphatic rings. The summed E-state index contributed by atoms with van der Waals surface area (Å²) in [5, 5.41) is 0.763. The van der Waals surface area contributed by atoms with E-state index >= 15 is 0 Å². The van der Waals surface area contributed by atoms with Crippen LogP contribution in [-0.4, -0.2) is 9.97 Å². The summed E-state index contributed by atoms with van der Waals surface area (Å²) in [5.41, 5.74) is 2.21. The highest BCUT2D eigenvalue weighted by Gasteiger charge is 1.99. The van der Waals surface area contributed by atoms with Gasteiger partial charge in [0.25, 0.3) is 0 Å². The van der Waals surface area contributed by atoms with Crippen LogP contribution in [0.1, 0.15) is 17.1 Å². The summed E-state index contributed by atoms with van der Waals surface area (Å²) in [5.74, 6) is 0.897. The van der Waals surface area contributed by atoms with Gasteiger partial charge in [0, 0.05) is 17.1 Å². The Balaban J connectivity index is 2.15. The van der Waals surface area contributed by atoms with Crippen LogP contribution in [0.4, 0.5) is 0 Å². The first-order valence-corrected chi connectivity index (χ1v) is 4.79. The Kier molecular flexibility index (Phi) is 2.55. The minimum atomic E-state index is 0.763. The third kappa shape index (κ3) is 2.15. The van der Waals surface area contributed by atoms with Crippen LogP contribution in [0.3, 0.4) is 0 Å². The van der Waals surface area contributed by atoms with Gasteiger partial charge < -0.3 is 4.98 Å². The molecule has 1 heterocycles. The van der Waals surface area contributed by atoms with Gasteiger partial charge in [-0.1, -0.05) is 23.7 Å². The molecule has 3 heteroatoms. The number of imidazole rings is 1. The summed E-state index contributed by atoms with van der Waals surface area (Å²) in [7, 11) is 0. The molecule has 0 atom stereocenters. The van der Waals surface area contributed by atoms with Crippen molar-refractivity contribution >= 4 is 11.6 Å². The van der Waals surface area contributed by atoms with Crippen LogP contribution in [0.15, 0.2) is 24.3 Å². The zero-order chi connectivity index (χ0) is 9.97. The van der Waals surface area contributed by atoms with Crippen LogP contribution < -0.4 is 0 Å². The highest BCUT2D eigenvalue weighted by molar-refractivity contribution is 6.30. The van der Waals surface area contributed by atoms with Crippen molar-refractivity contribution in [3.05, 3.63) is 52.6 Å². The molecular formula is C11H10ClN2. The number of H-pyrrole nitrogens is 1. The molecule has 0 aliphatic carbocycles. The third-order valence-corrected chi connectivity index (χ3v) is 2.24. The lowest BCUT2D eigenvalue weighted by atomic mass is 10.1. The predicted octanol–water partition coefficient (Wildman–Crippen LogP) is 2.76. The fourth-order valence-electron chi connectivity index (χ4n) is 1.32. The first-order chi connectivity index (χ1) is 6.74. The maximum atomic E-state index is 5.79. The molecule has 0 fully saturated rings. The van der Waals surface area contributed by atoms with Gasteiger partial charge in [0.2, 0.25) is 0 Å². The molecule has 1 aromatic carbocycles. The molecule has 2 nitrogen and oxygen atoms in total. The average molecular weight is 206 g/mol. The number of benzene rings is 1. The monoisotopic (exact) mass is 205 g/mol. The third-order valence-electron chi connectivity index (χ3n) is 1.98. The zero-order valence-corrected chi connectivity index (χ0v) is 8.60. The van der Waals surface area contributed by atoms with Crippen LogP contribution in [0, 0.1) is 13.1 Å². The molecule has 0 aliphatic heterocycles. The van der Waals surface area contributed by atoms with Crippen molar-refractivity contribution in [3.63, 3.8) is 0 Å². The van der Waals surface area contributed by atoms with Gasteiger partial charge in [0.05, 0.1) is 0 Å². The number of halogens is 1. The molecule has 1 N–H and O–H groups in total. The molecule has 0 saturated carbocycles. The van der Waals surface area contributed by atoms with Gasteiger partial charge in [-0.2, -0.15) is 0 Å². The van der Waals surface area contributed by atoms with Crippen LogP contribution in [-0.2, 0) is 6.42 Å². The smallest absolute Gasteiger partial charge is 0.112 e. The van der Waals surface area contributed by atoms with Crippen molar-refractivity contribution in [1.29, 1.82) is 0 Å². The van der Waals surface area contributed by atoms with E-state index in [1.807, 2.05) is 31.2 Å². The van der Waals surface area contributed by atoms with E-state index in [0.29, 0.717) is 0 Å². The normalized spacial score (nSPS) is 10.4. The second kappa shape index (κ2) is 3.84. The van der Waals surface area contributed by atoms with E-state index in [-0.39, 0.29) is 0 Å². The summed E-state index contributed by atoms with van der Waals surface area (Å²) in [6.07, 6.45) is 3.75. The second-order valence-electron chi connectivity index (χ2n) is 3.22. The van der Waals surface area contributed by atoms with Gasteiger partial charge in [-0.15, -0.1) is 0 Å². The zero-order valence-electron chi connectivity index (χ0n) is 7.84. The van der Waals surface area contributed by atoms with E-state index in [9.17, 15) is 0 Å². The quantitative estimate of drug-likeness (QED) is 0.803. The van der Waals surface area contributed by atoms with Crippen molar-refractivity contribution < 1.29 is 0 Å². The number of hydrogen-bond acceptors (Lipinski definition) is 1. The van der Waals surface area contributed by atoms with Crippen molar-refractivity contribution in [3.8, 4) is 0 Å². The Morgan fingerprint density at radius 1 is 1.36 bits per heavy atom. The standard InChI is InChI=1S/C11H10ClN2/c1-8-13-7-11(14-8)6-9-2-4-10(12)5-3-9/h2-5H,6H2,1H3,(H,13,14). The molecule has 1 aromatic heterocycles. The summed E-state index contributed by atoms with van der Waals surface area (Å²) in [4.78, 5) is 7.16. The average Bonchev–Trinajstić information content (AvgIpc) is 2.56. The Morgan fingerprint density at radius 2 is 2.07 bits per heavy atom. The van der Waals surface area contributed by atoms with Crippen molar-refractivity contribution in [1.82, 2.24) is 9.97 Å². The van der Waals surface area contributed by atoms with E-state index in [2.05, 4.69) is 16.2 Å². The summed E-state index contributed by atoms with van der Waals surface area (Å²) in [6.45, 7) is 1.92. The topological polar surface area (TPSA) is 28.7 Å². The number of aromatic nitrogens is 2. The van der Waals surface area contributed by atoms with Crippen LogP contribution in [0.25, 0.3) is 0 Å². The molecular weight excluding hydrogens is 196 g/mol. The molecule has 0 saturated heterocycles. The highest BCUT2D eigenvalue weighted by atomic mass is 35.5. The number of nitrogens with zero attached hydrogens (tertiary/aromatic N) is 1. The van der Waals surface area contributed by atoms with E-state index in [1.54, 1.807) is 0 Å². The Hall–Kier alpha value is -1.28. The van der Waals surface area contributed by atoms with Crippen molar-refractivity contribution in [2.24, 2.45) is 0 Å². The van der Waals surface area contributed by atoms with E-state index in [1.165, 1.54) is 5.56 Å². The Bertz CT molecular complexity index is 417. The minimum absolute atomic E-state index is 0.763. The van der Waals surface area contributed by atoms with Gasteiger partial charge in [0.1, 0.15) is 12.0 Å². The van der Waals surface area contributed by atoms with E-state index in [0.717, 1.165) is 23.0 Å². The molecule has 0 amide bonds. The number of rotatable bonds is 2. The van der Waals surface area contributed by atoms with E-state index in [4.69, 9.17) is 11.6 Å². The molecule has 1 radical (unpaired) electrons. The first-order valence-electron chi connectivity index (χ1n) is 4.41. The molecule has 14 heavy (non-hydrogen) atoms. The van der Waals surface area contributed by atoms with Crippen molar-refractivity contribution in [2.75, 3.05) is 0 Å². The second-order valence-corrected chi connectivity index (χ2v) is 3.65. The minimum Gasteiger partial charge on any atom is -0.345 e. The Labute approximate surface area is 88.0 Å². The summed E-state index contributed by atoms with van der Waals surface area (Å²) in [6, 6.07) is 7.79. The summed E-state index contributed by atoms with van der Waals surface area (Å²) < 4.78 is 0. The maximum absolute atomic E-state index is 5.79. The number of hydrogen-bond donors (Lipinski definition) is 1. The number of aryl methyl sites for hydroxylation is 1. The van der Waals surface area contributed by atoms with Gasteiger partial charge in [-0.3, -0.25) is 0 Å². The molecule has 2 aromatic rings. The fraction of sp³-hybridized carbons (Fsp3) is 0.182. The van der Waals surface area contributed by atoms with Gasteiger partial charge >= 0.3 is 0 Å². The molecule has 0 bridgehead atoms. The molecule has 0 spiro atoms. The van der Waals surface area contributed by atoms with Crippen LogP contribution >= 0.6 is 11.6 Å². The van der Waals surface area contributed by atoms with Gasteiger partial charge in [0.15, 0.2) is 0 Å². The lowest BCUT2D eigenvalue weighted by Crippen LogP contribution is -1.87. The lowest BCUT2D eigenvalue weighted by Gasteiger charge is -1.98. The highest BCUT2D eigenvalue weighted by Crippen LogP contribution is 2.12.